The van der Waals surface area contributed by atoms with E-state index in [-0.39, 0.29) is 5.97 Å². The van der Waals surface area contributed by atoms with Gasteiger partial charge in [0.2, 0.25) is 0 Å². The van der Waals surface area contributed by atoms with Gasteiger partial charge in [0.1, 0.15) is 0 Å². The molecule has 0 atom stereocenters. The van der Waals surface area contributed by atoms with Gasteiger partial charge in [0.25, 0.3) is 0 Å². The van der Waals surface area contributed by atoms with Crippen molar-refractivity contribution in [3.8, 4) is 0 Å². The van der Waals surface area contributed by atoms with Gasteiger partial charge in [0.05, 0.1) is 12.2 Å². The van der Waals surface area contributed by atoms with Crippen molar-refractivity contribution in [1.29, 1.82) is 0 Å². The summed E-state index contributed by atoms with van der Waals surface area (Å²) < 4.78 is 4.80. The van der Waals surface area contributed by atoms with Gasteiger partial charge >= 0.3 is 5.97 Å². The third-order valence-electron chi connectivity index (χ3n) is 1.55. The molecule has 1 aromatic heterocycles. The molecule has 3 nitrogen and oxygen atoms in total. The normalized spacial score (nSPS) is 9.31. The van der Waals surface area contributed by atoms with E-state index < -0.39 is 0 Å². The first-order valence-electron chi connectivity index (χ1n) is 4.02. The fourth-order valence-corrected chi connectivity index (χ4v) is 0.889. The van der Waals surface area contributed by atoms with Gasteiger partial charge in [-0.25, -0.2) is 4.79 Å². The van der Waals surface area contributed by atoms with Gasteiger partial charge in [-0.15, -0.1) is 0 Å². The summed E-state index contributed by atoms with van der Waals surface area (Å²) in [6.45, 7) is 5.77. The van der Waals surface area contributed by atoms with E-state index in [1.54, 1.807) is 31.5 Å². The number of nitrogens with zero attached hydrogens (tertiary/aromatic N) is 1. The molecule has 1 rings (SSSR count). The number of rotatable bonds is 3. The molecule has 0 aliphatic rings. The molecule has 0 radical (unpaired) electrons. The predicted octanol–water partition coefficient (Wildman–Crippen LogP) is 1.66. The maximum atomic E-state index is 11.2. The smallest absolute Gasteiger partial charge is 0.338 e. The van der Waals surface area contributed by atoms with Crippen LogP contribution in [0.4, 0.5) is 0 Å². The summed E-state index contributed by atoms with van der Waals surface area (Å²) in [7, 11) is 0. The molecule has 13 heavy (non-hydrogen) atoms. The lowest BCUT2D eigenvalue weighted by Gasteiger charge is -2.03. The Hall–Kier alpha value is -1.64. The Kier molecular flexibility index (Phi) is 3.20. The molecule has 68 valence electrons. The molecule has 0 fully saturated rings. The third kappa shape index (κ3) is 2.40. The molecular formula is C10H11NO2. The summed E-state index contributed by atoms with van der Waals surface area (Å²) in [5.74, 6) is -0.381. The molecule has 0 unspecified atom stereocenters. The number of hydrogen-bond acceptors (Lipinski definition) is 3. The summed E-state index contributed by atoms with van der Waals surface area (Å²) >= 11 is 0. The summed E-state index contributed by atoms with van der Waals surface area (Å²) in [6, 6.07) is 3.44. The van der Waals surface area contributed by atoms with Crippen LogP contribution in [0.1, 0.15) is 12.5 Å². The summed E-state index contributed by atoms with van der Waals surface area (Å²) in [4.78, 5) is 15.0. The second-order valence-electron chi connectivity index (χ2n) is 2.43. The highest BCUT2D eigenvalue weighted by Gasteiger charge is 2.08. The summed E-state index contributed by atoms with van der Waals surface area (Å²) in [5.41, 5.74) is 1.11. The van der Waals surface area contributed by atoms with Crippen LogP contribution in [0.25, 0.3) is 5.57 Å². The Morgan fingerprint density at radius 3 is 2.69 bits per heavy atom. The van der Waals surface area contributed by atoms with Crippen molar-refractivity contribution in [2.24, 2.45) is 0 Å². The van der Waals surface area contributed by atoms with E-state index in [4.69, 9.17) is 4.74 Å². The average molecular weight is 177 g/mol. The Labute approximate surface area is 77.1 Å². The number of aromatic nitrogens is 1. The molecule has 0 aliphatic heterocycles. The Morgan fingerprint density at radius 2 is 2.15 bits per heavy atom. The molecule has 0 aromatic carbocycles. The van der Waals surface area contributed by atoms with Crippen LogP contribution in [0.5, 0.6) is 0 Å². The SMILES string of the molecule is C=C(C(=O)OCC)c1ccncc1. The Bertz CT molecular complexity index is 306. The lowest BCUT2D eigenvalue weighted by molar-refractivity contribution is -0.136. The van der Waals surface area contributed by atoms with E-state index >= 15 is 0 Å². The topological polar surface area (TPSA) is 39.2 Å². The Balaban J connectivity index is 2.74. The Morgan fingerprint density at radius 1 is 1.54 bits per heavy atom. The van der Waals surface area contributed by atoms with Crippen LogP contribution in [-0.4, -0.2) is 17.6 Å². The van der Waals surface area contributed by atoms with Gasteiger partial charge in [-0.2, -0.15) is 0 Å². The van der Waals surface area contributed by atoms with Crippen LogP contribution in [0.2, 0.25) is 0 Å². The highest BCUT2D eigenvalue weighted by atomic mass is 16.5. The number of esters is 1. The predicted molar refractivity (Wildman–Crippen MR) is 49.9 cm³/mol. The lowest BCUT2D eigenvalue weighted by Crippen LogP contribution is -2.05. The van der Waals surface area contributed by atoms with Crippen LogP contribution in [0.3, 0.4) is 0 Å². The van der Waals surface area contributed by atoms with Crippen molar-refractivity contribution in [3.05, 3.63) is 36.7 Å². The standard InChI is InChI=1S/C10H11NO2/c1-3-13-10(12)8(2)9-4-6-11-7-5-9/h4-7H,2-3H2,1H3. The maximum Gasteiger partial charge on any atom is 0.338 e. The van der Waals surface area contributed by atoms with E-state index in [0.717, 1.165) is 5.56 Å². The number of carbonyl (C=O) groups is 1. The first-order chi connectivity index (χ1) is 6.25. The zero-order valence-corrected chi connectivity index (χ0v) is 7.49. The number of ether oxygens (including phenoxy) is 1. The fraction of sp³-hybridized carbons (Fsp3) is 0.200. The molecule has 1 aromatic rings. The summed E-state index contributed by atoms with van der Waals surface area (Å²) in [5, 5.41) is 0. The molecule has 0 aliphatic carbocycles. The summed E-state index contributed by atoms with van der Waals surface area (Å²) in [6.07, 6.45) is 3.22. The van der Waals surface area contributed by atoms with E-state index in [1.807, 2.05) is 0 Å². The number of hydrogen-bond donors (Lipinski definition) is 0. The molecule has 0 spiro atoms. The highest BCUT2D eigenvalue weighted by molar-refractivity contribution is 6.15. The van der Waals surface area contributed by atoms with Crippen LogP contribution in [0, 0.1) is 0 Å². The molecule has 0 saturated heterocycles. The molecule has 1 heterocycles. The quantitative estimate of drug-likeness (QED) is 0.520. The molecule has 3 heteroatoms. The van der Waals surface area contributed by atoms with Crippen molar-refractivity contribution in [3.63, 3.8) is 0 Å². The minimum absolute atomic E-state index is 0.364. The maximum absolute atomic E-state index is 11.2. The van der Waals surface area contributed by atoms with E-state index in [0.29, 0.717) is 12.2 Å². The zero-order valence-electron chi connectivity index (χ0n) is 7.49. The molecule has 0 saturated carbocycles. The highest BCUT2D eigenvalue weighted by Crippen LogP contribution is 2.11. The van der Waals surface area contributed by atoms with Crippen molar-refractivity contribution >= 4 is 11.5 Å². The second kappa shape index (κ2) is 4.40. The first kappa shape index (κ1) is 9.45. The van der Waals surface area contributed by atoms with Crippen LogP contribution in [0.15, 0.2) is 31.1 Å². The van der Waals surface area contributed by atoms with Crippen molar-refractivity contribution in [1.82, 2.24) is 4.98 Å². The molecule has 0 bridgehead atoms. The van der Waals surface area contributed by atoms with Crippen molar-refractivity contribution < 1.29 is 9.53 Å². The minimum Gasteiger partial charge on any atom is -0.462 e. The van der Waals surface area contributed by atoms with E-state index in [2.05, 4.69) is 11.6 Å². The molecule has 0 N–H and O–H groups in total. The van der Waals surface area contributed by atoms with Crippen LogP contribution in [-0.2, 0) is 9.53 Å². The fourth-order valence-electron chi connectivity index (χ4n) is 0.889. The number of pyridine rings is 1. The number of carbonyl (C=O) groups excluding carboxylic acids is 1. The molecular weight excluding hydrogens is 166 g/mol. The monoisotopic (exact) mass is 177 g/mol. The van der Waals surface area contributed by atoms with Gasteiger partial charge in [0.15, 0.2) is 0 Å². The van der Waals surface area contributed by atoms with Gasteiger partial charge in [-0.05, 0) is 24.6 Å². The minimum atomic E-state index is -0.381. The lowest BCUT2D eigenvalue weighted by atomic mass is 10.1. The van der Waals surface area contributed by atoms with Gasteiger partial charge in [-0.1, -0.05) is 6.58 Å². The van der Waals surface area contributed by atoms with E-state index in [9.17, 15) is 4.79 Å². The zero-order chi connectivity index (χ0) is 9.68. The van der Waals surface area contributed by atoms with Crippen molar-refractivity contribution in [2.75, 3.05) is 6.61 Å². The first-order valence-corrected chi connectivity index (χ1v) is 4.02. The third-order valence-corrected chi connectivity index (χ3v) is 1.55. The van der Waals surface area contributed by atoms with Gasteiger partial charge in [-0.3, -0.25) is 4.98 Å². The van der Waals surface area contributed by atoms with Gasteiger partial charge < -0.3 is 4.74 Å². The molecule has 0 amide bonds. The average Bonchev–Trinajstić information content (AvgIpc) is 2.18. The van der Waals surface area contributed by atoms with E-state index in [1.165, 1.54) is 0 Å². The second-order valence-corrected chi connectivity index (χ2v) is 2.43. The van der Waals surface area contributed by atoms with Gasteiger partial charge in [0, 0.05) is 12.4 Å². The van der Waals surface area contributed by atoms with Crippen LogP contribution < -0.4 is 0 Å². The largest absolute Gasteiger partial charge is 0.462 e. The van der Waals surface area contributed by atoms with Crippen LogP contribution >= 0.6 is 0 Å². The van der Waals surface area contributed by atoms with Crippen molar-refractivity contribution in [2.45, 2.75) is 6.92 Å².